The number of nitrogens with zero attached hydrogens (tertiary/aromatic N) is 2. The van der Waals surface area contributed by atoms with Gasteiger partial charge in [-0.1, -0.05) is 72.5 Å². The fraction of sp³-hybridized carbons (Fsp3) is 0.100. The molecule has 2 heterocycles. The standard InChI is InChI=1S/C30H24N2O4S2/c1-2-8-20-9-3-6-14-26(20)36-16-15-31-19-22(24-12-4-5-13-25(24)31)18-27-28(33)32(30(37)38-27)23-11-7-10-21(17-23)29(34)35/h2-7,9-14,17-19H,1,8,15-16H2,(H,34,35)/b27-18-. The van der Waals surface area contributed by atoms with Gasteiger partial charge in [0.25, 0.3) is 5.91 Å². The summed E-state index contributed by atoms with van der Waals surface area (Å²) >= 11 is 6.69. The molecular weight excluding hydrogens is 516 g/mol. The number of hydrogen-bond donors (Lipinski definition) is 1. The summed E-state index contributed by atoms with van der Waals surface area (Å²) in [5, 5.41) is 10.3. The topological polar surface area (TPSA) is 71.8 Å². The number of aromatic carboxylic acids is 1. The number of amides is 1. The number of carbonyl (C=O) groups excluding carboxylic acids is 1. The van der Waals surface area contributed by atoms with Crippen molar-refractivity contribution in [3.05, 3.63) is 113 Å². The lowest BCUT2D eigenvalue weighted by Crippen LogP contribution is -2.27. The summed E-state index contributed by atoms with van der Waals surface area (Å²) in [7, 11) is 0. The first-order valence-corrected chi connectivity index (χ1v) is 13.2. The van der Waals surface area contributed by atoms with Crippen molar-refractivity contribution in [1.29, 1.82) is 0 Å². The molecule has 1 amide bonds. The number of carboxylic acid groups (broad SMARTS) is 1. The average Bonchev–Trinajstić information content (AvgIpc) is 3.41. The summed E-state index contributed by atoms with van der Waals surface area (Å²) in [6, 6.07) is 22.2. The van der Waals surface area contributed by atoms with Crippen LogP contribution in [-0.4, -0.2) is 32.5 Å². The predicted octanol–water partition coefficient (Wildman–Crippen LogP) is 6.55. The lowest BCUT2D eigenvalue weighted by atomic mass is 10.1. The van der Waals surface area contributed by atoms with Crippen molar-refractivity contribution < 1.29 is 19.4 Å². The molecule has 3 aromatic carbocycles. The van der Waals surface area contributed by atoms with Crippen LogP contribution in [0.4, 0.5) is 5.69 Å². The molecule has 0 bridgehead atoms. The third-order valence-electron chi connectivity index (χ3n) is 6.18. The van der Waals surface area contributed by atoms with Crippen molar-refractivity contribution in [2.75, 3.05) is 11.5 Å². The van der Waals surface area contributed by atoms with E-state index in [0.29, 0.717) is 28.1 Å². The van der Waals surface area contributed by atoms with E-state index in [4.69, 9.17) is 17.0 Å². The number of thioether (sulfide) groups is 1. The number of carboxylic acids is 1. The number of allylic oxidation sites excluding steroid dienone is 1. The molecule has 0 radical (unpaired) electrons. The molecule has 0 aliphatic carbocycles. The predicted molar refractivity (Wildman–Crippen MR) is 157 cm³/mol. The first-order valence-electron chi connectivity index (χ1n) is 12.0. The highest BCUT2D eigenvalue weighted by Gasteiger charge is 2.33. The van der Waals surface area contributed by atoms with E-state index in [0.717, 1.165) is 34.2 Å². The van der Waals surface area contributed by atoms with Gasteiger partial charge in [-0.3, -0.25) is 9.69 Å². The molecule has 8 heteroatoms. The maximum absolute atomic E-state index is 13.3. The van der Waals surface area contributed by atoms with Gasteiger partial charge in [-0.2, -0.15) is 0 Å². The molecule has 1 N–H and O–H groups in total. The van der Waals surface area contributed by atoms with Gasteiger partial charge in [0.1, 0.15) is 12.4 Å². The molecule has 1 aromatic heterocycles. The van der Waals surface area contributed by atoms with E-state index in [-0.39, 0.29) is 11.5 Å². The van der Waals surface area contributed by atoms with Crippen LogP contribution < -0.4 is 9.64 Å². The third-order valence-corrected chi connectivity index (χ3v) is 7.48. The molecule has 5 rings (SSSR count). The highest BCUT2D eigenvalue weighted by Crippen LogP contribution is 2.37. The van der Waals surface area contributed by atoms with E-state index >= 15 is 0 Å². The van der Waals surface area contributed by atoms with E-state index in [1.165, 1.54) is 28.8 Å². The molecule has 6 nitrogen and oxygen atoms in total. The maximum atomic E-state index is 13.3. The zero-order valence-corrected chi connectivity index (χ0v) is 22.0. The number of para-hydroxylation sites is 2. The molecule has 0 saturated carbocycles. The molecule has 38 heavy (non-hydrogen) atoms. The Kier molecular flexibility index (Phi) is 7.44. The van der Waals surface area contributed by atoms with Gasteiger partial charge in [0, 0.05) is 22.7 Å². The van der Waals surface area contributed by atoms with Gasteiger partial charge in [0.15, 0.2) is 4.32 Å². The SMILES string of the molecule is C=CCc1ccccc1OCCn1cc(/C=C2\SC(=S)N(c3cccc(C(=O)O)c3)C2=O)c2ccccc21. The number of carbonyl (C=O) groups is 2. The molecule has 0 unspecified atom stereocenters. The Morgan fingerprint density at radius 1 is 1.08 bits per heavy atom. The summed E-state index contributed by atoms with van der Waals surface area (Å²) in [5.74, 6) is -0.491. The zero-order valence-electron chi connectivity index (χ0n) is 20.4. The van der Waals surface area contributed by atoms with Crippen molar-refractivity contribution in [3.8, 4) is 5.75 Å². The van der Waals surface area contributed by atoms with Crippen LogP contribution in [0.2, 0.25) is 0 Å². The first-order chi connectivity index (χ1) is 18.5. The molecule has 1 aliphatic heterocycles. The number of ether oxygens (including phenoxy) is 1. The van der Waals surface area contributed by atoms with E-state index in [1.807, 2.05) is 66.9 Å². The van der Waals surface area contributed by atoms with Crippen molar-refractivity contribution >= 4 is 62.8 Å². The minimum atomic E-state index is -1.06. The van der Waals surface area contributed by atoms with Crippen LogP contribution in [0.25, 0.3) is 17.0 Å². The molecule has 0 atom stereocenters. The highest BCUT2D eigenvalue weighted by atomic mass is 32.2. The molecular formula is C30H24N2O4S2. The number of thiocarbonyl (C=S) groups is 1. The number of fused-ring (bicyclic) bond motifs is 1. The smallest absolute Gasteiger partial charge is 0.335 e. The second-order valence-corrected chi connectivity index (χ2v) is 10.3. The number of hydrogen-bond acceptors (Lipinski definition) is 5. The third kappa shape index (κ3) is 5.14. The zero-order chi connectivity index (χ0) is 26.6. The number of rotatable bonds is 9. The Labute approximate surface area is 229 Å². The molecule has 0 spiro atoms. The summed E-state index contributed by atoms with van der Waals surface area (Å²) < 4.78 is 8.58. The molecule has 1 aliphatic rings. The number of benzene rings is 3. The average molecular weight is 541 g/mol. The largest absolute Gasteiger partial charge is 0.491 e. The van der Waals surface area contributed by atoms with E-state index < -0.39 is 5.97 Å². The van der Waals surface area contributed by atoms with Crippen molar-refractivity contribution in [1.82, 2.24) is 4.57 Å². The summed E-state index contributed by atoms with van der Waals surface area (Å²) in [4.78, 5) is 26.6. The minimum Gasteiger partial charge on any atom is -0.491 e. The van der Waals surface area contributed by atoms with Gasteiger partial charge >= 0.3 is 5.97 Å². The Balaban J connectivity index is 1.39. The molecule has 4 aromatic rings. The summed E-state index contributed by atoms with van der Waals surface area (Å²) in [5.41, 5.74) is 3.56. The first kappa shape index (κ1) is 25.5. The Hall–Kier alpha value is -4.14. The van der Waals surface area contributed by atoms with Crippen LogP contribution in [0.15, 0.2) is 96.6 Å². The van der Waals surface area contributed by atoms with Gasteiger partial charge in [0.2, 0.25) is 0 Å². The van der Waals surface area contributed by atoms with Gasteiger partial charge in [0.05, 0.1) is 22.7 Å². The van der Waals surface area contributed by atoms with Crippen LogP contribution in [0, 0.1) is 0 Å². The van der Waals surface area contributed by atoms with Gasteiger partial charge in [-0.25, -0.2) is 4.79 Å². The van der Waals surface area contributed by atoms with E-state index in [1.54, 1.807) is 12.1 Å². The minimum absolute atomic E-state index is 0.0953. The fourth-order valence-corrected chi connectivity index (χ4v) is 5.70. The van der Waals surface area contributed by atoms with E-state index in [9.17, 15) is 14.7 Å². The van der Waals surface area contributed by atoms with Crippen molar-refractivity contribution in [2.45, 2.75) is 13.0 Å². The highest BCUT2D eigenvalue weighted by molar-refractivity contribution is 8.27. The monoisotopic (exact) mass is 540 g/mol. The fourth-order valence-electron chi connectivity index (χ4n) is 4.41. The van der Waals surface area contributed by atoms with Gasteiger partial charge < -0.3 is 14.4 Å². The quantitative estimate of drug-likeness (QED) is 0.147. The van der Waals surface area contributed by atoms with Crippen LogP contribution in [0.5, 0.6) is 5.75 Å². The van der Waals surface area contributed by atoms with Crippen molar-refractivity contribution in [3.63, 3.8) is 0 Å². The van der Waals surface area contributed by atoms with Gasteiger partial charge in [-0.05, 0) is 48.4 Å². The second-order valence-electron chi connectivity index (χ2n) is 8.62. The number of anilines is 1. The van der Waals surface area contributed by atoms with Crippen LogP contribution >= 0.6 is 24.0 Å². The normalized spacial score (nSPS) is 14.4. The lowest BCUT2D eigenvalue weighted by molar-refractivity contribution is -0.113. The van der Waals surface area contributed by atoms with Crippen LogP contribution in [-0.2, 0) is 17.8 Å². The Bertz CT molecular complexity index is 1600. The van der Waals surface area contributed by atoms with Gasteiger partial charge in [-0.15, -0.1) is 6.58 Å². The second kappa shape index (κ2) is 11.1. The molecule has 1 saturated heterocycles. The van der Waals surface area contributed by atoms with Crippen LogP contribution in [0.3, 0.4) is 0 Å². The van der Waals surface area contributed by atoms with Crippen molar-refractivity contribution in [2.24, 2.45) is 0 Å². The Morgan fingerprint density at radius 2 is 1.87 bits per heavy atom. The number of aromatic nitrogens is 1. The molecule has 190 valence electrons. The summed E-state index contributed by atoms with van der Waals surface area (Å²) in [6.45, 7) is 4.93. The van der Waals surface area contributed by atoms with Crippen LogP contribution in [0.1, 0.15) is 21.5 Å². The van der Waals surface area contributed by atoms with E-state index in [2.05, 4.69) is 11.1 Å². The summed E-state index contributed by atoms with van der Waals surface area (Å²) in [6.07, 6.45) is 6.46. The Morgan fingerprint density at radius 3 is 2.68 bits per heavy atom. The lowest BCUT2D eigenvalue weighted by Gasteiger charge is -2.14. The molecule has 1 fully saturated rings. The maximum Gasteiger partial charge on any atom is 0.335 e.